The molecule has 0 aromatic heterocycles. The molecule has 3 aliphatic rings. The van der Waals surface area contributed by atoms with Crippen LogP contribution in [0, 0.1) is 5.92 Å². The van der Waals surface area contributed by atoms with E-state index in [4.69, 9.17) is 23.4 Å². The number of ether oxygens (including phenoxy) is 4. The number of rotatable bonds is 6. The number of fused-ring (bicyclic) bond motifs is 2. The Balaban J connectivity index is 1.87. The first-order chi connectivity index (χ1) is 20.8. The molecule has 3 aliphatic heterocycles. The molecule has 0 N–H and O–H groups in total. The van der Waals surface area contributed by atoms with E-state index in [0.717, 1.165) is 32.1 Å². The monoisotopic (exact) mass is 626 g/mol. The SMILES string of the molecule is C=C1CC(C)CC2CC=CC(C/C=C\C(=O)OC(C(/C=C/C3CC(C)=CCO3)OC)C/C=C\C(O[Si](C)(C)C(C)(C)C)C1)O2. The Morgan fingerprint density at radius 1 is 1.07 bits per heavy atom. The maximum atomic E-state index is 13.0. The number of carbonyl (C=O) groups excluding carboxylic acids is 1. The van der Waals surface area contributed by atoms with Crippen molar-refractivity contribution in [2.75, 3.05) is 13.7 Å². The van der Waals surface area contributed by atoms with Crippen LogP contribution in [0.2, 0.25) is 18.1 Å². The largest absolute Gasteiger partial charge is 0.456 e. The lowest BCUT2D eigenvalue weighted by molar-refractivity contribution is -0.148. The Morgan fingerprint density at radius 3 is 2.52 bits per heavy atom. The van der Waals surface area contributed by atoms with Gasteiger partial charge in [-0.15, -0.1) is 0 Å². The van der Waals surface area contributed by atoms with Gasteiger partial charge in [-0.3, -0.25) is 0 Å². The van der Waals surface area contributed by atoms with Gasteiger partial charge < -0.3 is 23.4 Å². The van der Waals surface area contributed by atoms with Gasteiger partial charge in [0.25, 0.3) is 0 Å². The summed E-state index contributed by atoms with van der Waals surface area (Å²) in [6, 6.07) is 0. The molecule has 0 spiro atoms. The van der Waals surface area contributed by atoms with Crippen LogP contribution in [0.3, 0.4) is 0 Å². The lowest BCUT2D eigenvalue weighted by Gasteiger charge is -2.39. The van der Waals surface area contributed by atoms with Crippen LogP contribution in [0.25, 0.3) is 0 Å². The van der Waals surface area contributed by atoms with E-state index in [-0.39, 0.29) is 35.4 Å². The second-order valence-electron chi connectivity index (χ2n) is 14.4. The minimum absolute atomic E-state index is 0.0221. The standard InChI is InChI=1S/C37H58O6Si/c1-27-21-22-40-31(24-27)19-20-34(39-7)35-17-11-16-33(43-44(8,9)37(4,5)6)26-29(3)23-28(2)25-32-15-10-13-30(41-32)14-12-18-36(38)42-35/h10-13,16,18-21,28,30-35H,3,14-15,17,22-26H2,1-2,4-9H3/b16-11-,18-12-,20-19+. The highest BCUT2D eigenvalue weighted by molar-refractivity contribution is 6.74. The fourth-order valence-corrected chi connectivity index (χ4v) is 6.97. The van der Waals surface area contributed by atoms with Crippen LogP contribution in [-0.4, -0.2) is 64.6 Å². The van der Waals surface area contributed by atoms with E-state index >= 15 is 0 Å². The second-order valence-corrected chi connectivity index (χ2v) is 19.1. The molecule has 0 fully saturated rings. The molecule has 7 atom stereocenters. The summed E-state index contributed by atoms with van der Waals surface area (Å²) in [7, 11) is -0.403. The highest BCUT2D eigenvalue weighted by atomic mass is 28.4. The number of hydrogen-bond acceptors (Lipinski definition) is 6. The van der Waals surface area contributed by atoms with Gasteiger partial charge in [-0.2, -0.15) is 0 Å². The number of esters is 1. The van der Waals surface area contributed by atoms with Crippen LogP contribution < -0.4 is 0 Å². The van der Waals surface area contributed by atoms with E-state index in [1.54, 1.807) is 7.11 Å². The predicted octanol–water partition coefficient (Wildman–Crippen LogP) is 8.58. The Bertz CT molecular complexity index is 1090. The van der Waals surface area contributed by atoms with Crippen molar-refractivity contribution < 1.29 is 28.2 Å². The predicted molar refractivity (Wildman–Crippen MR) is 182 cm³/mol. The van der Waals surface area contributed by atoms with Crippen LogP contribution in [0.15, 0.2) is 72.4 Å². The summed E-state index contributed by atoms with van der Waals surface area (Å²) in [5, 5.41) is 0.0783. The number of cyclic esters (lactones) is 1. The van der Waals surface area contributed by atoms with Gasteiger partial charge in [-0.25, -0.2) is 4.79 Å². The van der Waals surface area contributed by atoms with E-state index in [1.807, 2.05) is 18.2 Å². The fraction of sp³-hybridized carbons (Fsp3) is 0.649. The van der Waals surface area contributed by atoms with E-state index in [9.17, 15) is 4.79 Å². The first kappa shape index (κ1) is 36.4. The quantitative estimate of drug-likeness (QED) is 0.167. The molecule has 0 aromatic carbocycles. The van der Waals surface area contributed by atoms with Gasteiger partial charge in [0, 0.05) is 19.6 Å². The topological polar surface area (TPSA) is 63.2 Å². The average molecular weight is 627 g/mol. The minimum Gasteiger partial charge on any atom is -0.456 e. The Kier molecular flexibility index (Phi) is 14.1. The molecule has 0 aliphatic carbocycles. The van der Waals surface area contributed by atoms with Gasteiger partial charge in [0.05, 0.1) is 31.0 Å². The Labute approximate surface area is 268 Å². The number of methoxy groups -OCH3 is 1. The lowest BCUT2D eigenvalue weighted by atomic mass is 9.91. The molecule has 0 radical (unpaired) electrons. The summed E-state index contributed by atoms with van der Waals surface area (Å²) in [5.41, 5.74) is 2.50. The van der Waals surface area contributed by atoms with Crippen LogP contribution in [0.4, 0.5) is 0 Å². The van der Waals surface area contributed by atoms with Crippen molar-refractivity contribution in [1.82, 2.24) is 0 Å². The van der Waals surface area contributed by atoms with Gasteiger partial charge in [-0.1, -0.05) is 94.0 Å². The maximum absolute atomic E-state index is 13.0. The van der Waals surface area contributed by atoms with Crippen molar-refractivity contribution in [2.45, 2.75) is 134 Å². The molecule has 0 aromatic rings. The van der Waals surface area contributed by atoms with E-state index < -0.39 is 20.5 Å². The molecule has 246 valence electrons. The summed E-state index contributed by atoms with van der Waals surface area (Å²) in [4.78, 5) is 13.0. The van der Waals surface area contributed by atoms with E-state index in [0.29, 0.717) is 25.4 Å². The molecule has 3 rings (SSSR count). The normalized spacial score (nSPS) is 32.3. The molecule has 0 amide bonds. The van der Waals surface area contributed by atoms with Crippen LogP contribution in [0.5, 0.6) is 0 Å². The van der Waals surface area contributed by atoms with Crippen molar-refractivity contribution in [1.29, 1.82) is 0 Å². The summed E-state index contributed by atoms with van der Waals surface area (Å²) >= 11 is 0. The van der Waals surface area contributed by atoms with Crippen molar-refractivity contribution >= 4 is 14.3 Å². The summed E-state index contributed by atoms with van der Waals surface area (Å²) < 4.78 is 31.1. The molecule has 0 saturated carbocycles. The van der Waals surface area contributed by atoms with Gasteiger partial charge in [-0.05, 0) is 69.5 Å². The summed E-state index contributed by atoms with van der Waals surface area (Å²) in [6.45, 7) is 20.8. The molecule has 7 unspecified atom stereocenters. The van der Waals surface area contributed by atoms with Crippen LogP contribution in [-0.2, 0) is 28.2 Å². The fourth-order valence-electron chi connectivity index (χ4n) is 5.70. The zero-order valence-electron chi connectivity index (χ0n) is 28.6. The Hall–Kier alpha value is -2.03. The van der Waals surface area contributed by atoms with Crippen LogP contribution in [0.1, 0.15) is 79.6 Å². The zero-order valence-corrected chi connectivity index (χ0v) is 29.6. The molecule has 7 heteroatoms. The lowest BCUT2D eigenvalue weighted by Crippen LogP contribution is -2.43. The number of carbonyl (C=O) groups is 1. The summed E-state index contributed by atoms with van der Waals surface area (Å²) in [6.07, 6.45) is 22.6. The van der Waals surface area contributed by atoms with Crippen molar-refractivity contribution in [3.8, 4) is 0 Å². The van der Waals surface area contributed by atoms with Gasteiger partial charge in [0.15, 0.2) is 8.32 Å². The first-order valence-electron chi connectivity index (χ1n) is 16.4. The first-order valence-corrected chi connectivity index (χ1v) is 19.3. The average Bonchev–Trinajstić information content (AvgIpc) is 2.92. The third kappa shape index (κ3) is 12.0. The maximum Gasteiger partial charge on any atom is 0.330 e. The molecule has 44 heavy (non-hydrogen) atoms. The van der Waals surface area contributed by atoms with Gasteiger partial charge >= 0.3 is 5.97 Å². The molecule has 3 heterocycles. The van der Waals surface area contributed by atoms with Crippen molar-refractivity contribution in [2.24, 2.45) is 5.92 Å². The second kappa shape index (κ2) is 17.0. The molecular weight excluding hydrogens is 568 g/mol. The smallest absolute Gasteiger partial charge is 0.330 e. The zero-order chi connectivity index (χ0) is 32.3. The van der Waals surface area contributed by atoms with Gasteiger partial charge in [0.2, 0.25) is 0 Å². The van der Waals surface area contributed by atoms with E-state index in [1.165, 1.54) is 17.2 Å². The summed E-state index contributed by atoms with van der Waals surface area (Å²) in [5.74, 6) is 0.0627. The highest BCUT2D eigenvalue weighted by Gasteiger charge is 2.39. The molecule has 6 nitrogen and oxygen atoms in total. The molecular formula is C37H58O6Si. The number of hydrogen-bond donors (Lipinski definition) is 0. The minimum atomic E-state index is -2.05. The third-order valence-electron chi connectivity index (χ3n) is 9.19. The molecule has 0 saturated heterocycles. The molecule has 2 bridgehead atoms. The van der Waals surface area contributed by atoms with Crippen molar-refractivity contribution in [3.05, 3.63) is 72.4 Å². The van der Waals surface area contributed by atoms with Gasteiger partial charge in [0.1, 0.15) is 12.2 Å². The highest BCUT2D eigenvalue weighted by Crippen LogP contribution is 2.38. The third-order valence-corrected chi connectivity index (χ3v) is 13.7. The van der Waals surface area contributed by atoms with E-state index in [2.05, 4.69) is 84.7 Å². The van der Waals surface area contributed by atoms with Crippen LogP contribution >= 0.6 is 0 Å². The Morgan fingerprint density at radius 2 is 1.82 bits per heavy atom. The van der Waals surface area contributed by atoms with Crippen molar-refractivity contribution in [3.63, 3.8) is 0 Å².